The molecule has 0 saturated heterocycles. The van der Waals surface area contributed by atoms with E-state index in [0.29, 0.717) is 16.6 Å². The molecule has 0 heterocycles. The van der Waals surface area contributed by atoms with E-state index in [1.165, 1.54) is 18.2 Å². The first-order chi connectivity index (χ1) is 13.1. The highest BCUT2D eigenvalue weighted by Crippen LogP contribution is 2.33. The van der Waals surface area contributed by atoms with Crippen LogP contribution in [0.3, 0.4) is 0 Å². The molecule has 2 aromatic carbocycles. The third kappa shape index (κ3) is 4.42. The van der Waals surface area contributed by atoms with Gasteiger partial charge in [-0.3, -0.25) is 50.8 Å². The lowest BCUT2D eigenvalue weighted by atomic mass is 10.1. The second-order valence-electron chi connectivity index (χ2n) is 5.05. The summed E-state index contributed by atoms with van der Waals surface area (Å²) in [6.07, 6.45) is 0. The van der Waals surface area contributed by atoms with Crippen LogP contribution in [-0.4, -0.2) is 26.6 Å². The van der Waals surface area contributed by atoms with Crippen LogP contribution in [0.25, 0.3) is 0 Å². The fourth-order valence-corrected chi connectivity index (χ4v) is 2.50. The fourth-order valence-electron chi connectivity index (χ4n) is 2.10. The predicted molar refractivity (Wildman–Crippen MR) is 95.5 cm³/mol. The number of hydrogen-bond acceptors (Lipinski definition) is 8. The molecule has 0 aliphatic heterocycles. The molecule has 0 bridgehead atoms. The molecule has 0 aromatic heterocycles. The Morgan fingerprint density at radius 3 is 1.82 bits per heavy atom. The lowest BCUT2D eigenvalue weighted by Crippen LogP contribution is -2.42. The van der Waals surface area contributed by atoms with E-state index in [2.05, 4.69) is 15.9 Å². The van der Waals surface area contributed by atoms with Crippen LogP contribution in [0, 0.1) is 30.3 Å². The first-order valence-corrected chi connectivity index (χ1v) is 7.88. The van der Waals surface area contributed by atoms with E-state index in [4.69, 9.17) is 0 Å². The molecule has 0 saturated carbocycles. The Labute approximate surface area is 162 Å². The number of nitrogens with zero attached hydrogens (tertiary/aromatic N) is 3. The molecular weight excluding hydrogens is 446 g/mol. The highest BCUT2D eigenvalue weighted by atomic mass is 79.9. The van der Waals surface area contributed by atoms with E-state index in [0.717, 1.165) is 0 Å². The molecule has 14 heteroatoms. The summed E-state index contributed by atoms with van der Waals surface area (Å²) in [5.41, 5.74) is -0.405. The van der Waals surface area contributed by atoms with Crippen molar-refractivity contribution in [2.24, 2.45) is 0 Å². The van der Waals surface area contributed by atoms with Gasteiger partial charge < -0.3 is 0 Å². The average Bonchev–Trinajstić information content (AvgIpc) is 2.64. The van der Waals surface area contributed by atoms with E-state index in [1.54, 1.807) is 6.07 Å². The van der Waals surface area contributed by atoms with Gasteiger partial charge in [0, 0.05) is 10.0 Å². The molecule has 2 rings (SSSR count). The van der Waals surface area contributed by atoms with E-state index in [-0.39, 0.29) is 5.56 Å². The van der Waals surface area contributed by atoms with Crippen molar-refractivity contribution in [2.45, 2.75) is 0 Å². The summed E-state index contributed by atoms with van der Waals surface area (Å²) in [5.74, 6) is -2.20. The Kier molecular flexibility index (Phi) is 5.95. The van der Waals surface area contributed by atoms with Gasteiger partial charge in [-0.05, 0) is 18.2 Å². The Morgan fingerprint density at radius 2 is 1.36 bits per heavy atom. The summed E-state index contributed by atoms with van der Waals surface area (Å²) >= 11 is 3.14. The minimum Gasteiger partial charge on any atom is -0.267 e. The van der Waals surface area contributed by atoms with Crippen molar-refractivity contribution >= 4 is 44.8 Å². The number of halogens is 1. The molecule has 2 aromatic rings. The molecule has 2 N–H and O–H groups in total. The number of hydrogen-bond donors (Lipinski definition) is 2. The summed E-state index contributed by atoms with van der Waals surface area (Å²) in [5, 5.41) is 33.2. The summed E-state index contributed by atoms with van der Waals surface area (Å²) in [4.78, 5) is 54.0. The third-order valence-electron chi connectivity index (χ3n) is 3.29. The largest absolute Gasteiger partial charge is 0.296 e. The lowest BCUT2D eigenvalue weighted by Gasteiger charge is -2.08. The third-order valence-corrected chi connectivity index (χ3v) is 3.78. The Morgan fingerprint density at radius 1 is 0.821 bits per heavy atom. The monoisotopic (exact) mass is 453 g/mol. The highest BCUT2D eigenvalue weighted by Gasteiger charge is 2.35. The van der Waals surface area contributed by atoms with Crippen molar-refractivity contribution in [3.05, 3.63) is 82.3 Å². The topological polar surface area (TPSA) is 188 Å². The number of nitro groups is 3. The Balaban J connectivity index is 2.38. The standard InChI is InChI=1S/C14H8BrN5O8/c15-8-3-1-2-7(4-8)13(21)16-17-14(22)12-10(19(25)26)5-9(18(23)24)6-11(12)20(27)28/h1-6H,(H,16,21)(H,17,22). The zero-order valence-corrected chi connectivity index (χ0v) is 15.0. The van der Waals surface area contributed by atoms with Crippen molar-refractivity contribution in [2.75, 3.05) is 0 Å². The number of hydrazine groups is 1. The Bertz CT molecular complexity index is 990. The van der Waals surface area contributed by atoms with Gasteiger partial charge in [0.15, 0.2) is 5.56 Å². The van der Waals surface area contributed by atoms with E-state index in [1.807, 2.05) is 10.9 Å². The molecule has 144 valence electrons. The molecule has 0 radical (unpaired) electrons. The molecule has 28 heavy (non-hydrogen) atoms. The van der Waals surface area contributed by atoms with Crippen molar-refractivity contribution in [3.8, 4) is 0 Å². The number of rotatable bonds is 5. The van der Waals surface area contributed by atoms with Gasteiger partial charge in [-0.25, -0.2) is 0 Å². The number of nitro benzene ring substituents is 3. The summed E-state index contributed by atoms with van der Waals surface area (Å²) < 4.78 is 0.563. The molecule has 2 amide bonds. The van der Waals surface area contributed by atoms with Crippen molar-refractivity contribution in [1.29, 1.82) is 0 Å². The summed E-state index contributed by atoms with van der Waals surface area (Å²) in [6, 6.07) is 6.82. The quantitative estimate of drug-likeness (QED) is 0.508. The Hall–Kier alpha value is -3.94. The molecule has 0 aliphatic rings. The maximum absolute atomic E-state index is 12.3. The molecule has 0 aliphatic carbocycles. The van der Waals surface area contributed by atoms with Crippen LogP contribution in [0.15, 0.2) is 40.9 Å². The van der Waals surface area contributed by atoms with Crippen LogP contribution in [0.1, 0.15) is 20.7 Å². The van der Waals surface area contributed by atoms with Gasteiger partial charge in [0.25, 0.3) is 28.9 Å². The predicted octanol–water partition coefficient (Wildman–Crippen LogP) is 2.25. The smallest absolute Gasteiger partial charge is 0.267 e. The number of carbonyl (C=O) groups excluding carboxylic acids is 2. The van der Waals surface area contributed by atoms with Crippen LogP contribution in [-0.2, 0) is 0 Å². The molecule has 0 spiro atoms. The highest BCUT2D eigenvalue weighted by molar-refractivity contribution is 9.10. The second-order valence-corrected chi connectivity index (χ2v) is 5.96. The fraction of sp³-hybridized carbons (Fsp3) is 0. The number of non-ortho nitro benzene ring substituents is 1. The molecule has 0 fully saturated rings. The maximum atomic E-state index is 12.3. The van der Waals surface area contributed by atoms with Gasteiger partial charge in [0.2, 0.25) is 0 Å². The van der Waals surface area contributed by atoms with Gasteiger partial charge >= 0.3 is 0 Å². The summed E-state index contributed by atoms with van der Waals surface area (Å²) in [7, 11) is 0. The first kappa shape index (κ1) is 20.4. The minimum atomic E-state index is -1.39. The zero-order valence-electron chi connectivity index (χ0n) is 13.4. The zero-order chi connectivity index (χ0) is 21.0. The average molecular weight is 454 g/mol. The lowest BCUT2D eigenvalue weighted by molar-refractivity contribution is -0.403. The second kappa shape index (κ2) is 8.17. The van der Waals surface area contributed by atoms with Crippen LogP contribution < -0.4 is 10.9 Å². The SMILES string of the molecule is O=C(NNC(=O)c1c([N+](=O)[O-])cc([N+](=O)[O-])cc1[N+](=O)[O-])c1cccc(Br)c1. The van der Waals surface area contributed by atoms with Gasteiger partial charge in [0.05, 0.1) is 26.9 Å². The number of nitrogens with one attached hydrogen (secondary N) is 2. The summed E-state index contributed by atoms with van der Waals surface area (Å²) in [6.45, 7) is 0. The van der Waals surface area contributed by atoms with E-state index < -0.39 is 49.2 Å². The van der Waals surface area contributed by atoms with Gasteiger partial charge in [-0.2, -0.15) is 0 Å². The van der Waals surface area contributed by atoms with Gasteiger partial charge in [-0.15, -0.1) is 0 Å². The van der Waals surface area contributed by atoms with Gasteiger partial charge in [0.1, 0.15) is 0 Å². The van der Waals surface area contributed by atoms with Crippen LogP contribution in [0.5, 0.6) is 0 Å². The minimum absolute atomic E-state index is 0.113. The number of benzene rings is 2. The van der Waals surface area contributed by atoms with Crippen LogP contribution in [0.2, 0.25) is 0 Å². The molecule has 13 nitrogen and oxygen atoms in total. The molecule has 0 atom stereocenters. The number of carbonyl (C=O) groups is 2. The maximum Gasteiger partial charge on any atom is 0.296 e. The van der Waals surface area contributed by atoms with Crippen molar-refractivity contribution in [1.82, 2.24) is 10.9 Å². The number of amides is 2. The molecular formula is C14H8BrN5O8. The first-order valence-electron chi connectivity index (χ1n) is 7.09. The van der Waals surface area contributed by atoms with E-state index in [9.17, 15) is 39.9 Å². The van der Waals surface area contributed by atoms with Crippen LogP contribution >= 0.6 is 15.9 Å². The normalized spacial score (nSPS) is 10.0. The van der Waals surface area contributed by atoms with Crippen LogP contribution in [0.4, 0.5) is 17.1 Å². The van der Waals surface area contributed by atoms with E-state index >= 15 is 0 Å². The van der Waals surface area contributed by atoms with Crippen molar-refractivity contribution < 1.29 is 24.4 Å². The van der Waals surface area contributed by atoms with Gasteiger partial charge in [-0.1, -0.05) is 22.0 Å². The van der Waals surface area contributed by atoms with Crippen molar-refractivity contribution in [3.63, 3.8) is 0 Å². The molecule has 0 unspecified atom stereocenters.